The zero-order valence-corrected chi connectivity index (χ0v) is 19.9. The third kappa shape index (κ3) is 4.68. The van der Waals surface area contributed by atoms with Crippen LogP contribution in [0.4, 0.5) is 0 Å². The number of ether oxygens (including phenoxy) is 3. The number of benzene rings is 3. The van der Waals surface area contributed by atoms with Gasteiger partial charge in [-0.1, -0.05) is 71.9 Å². The minimum atomic E-state index is -0.158. The lowest BCUT2D eigenvalue weighted by Crippen LogP contribution is -2.24. The van der Waals surface area contributed by atoms with Gasteiger partial charge in [-0.25, -0.2) is 4.98 Å². The largest absolute Gasteiger partial charge is 0.493 e. The van der Waals surface area contributed by atoms with E-state index in [1.165, 1.54) is 38.7 Å². The Morgan fingerprint density at radius 1 is 0.879 bits per heavy atom. The fraction of sp³-hybridized carbons (Fsp3) is 0.231. The standard InChI is InChI=1S/C26H26N2O4S/c1-17-10-12-19(13-11-17)16-33-26-27-22-20(14-21(30-2)23(31-3)24(22)32-4)25(29)28(26)15-18-8-6-5-7-9-18/h5-14H,15-16H2,1-4H3. The summed E-state index contributed by atoms with van der Waals surface area (Å²) < 4.78 is 18.3. The third-order valence-corrected chi connectivity index (χ3v) is 6.44. The highest BCUT2D eigenvalue weighted by Crippen LogP contribution is 2.42. The predicted molar refractivity (Wildman–Crippen MR) is 132 cm³/mol. The van der Waals surface area contributed by atoms with E-state index in [4.69, 9.17) is 19.2 Å². The summed E-state index contributed by atoms with van der Waals surface area (Å²) in [5, 5.41) is 1.03. The van der Waals surface area contributed by atoms with Gasteiger partial charge in [-0.05, 0) is 24.1 Å². The molecule has 0 spiro atoms. The van der Waals surface area contributed by atoms with Crippen LogP contribution in [0.5, 0.6) is 17.2 Å². The second-order valence-electron chi connectivity index (χ2n) is 7.59. The molecule has 0 aliphatic carbocycles. The van der Waals surface area contributed by atoms with Crippen LogP contribution in [0, 0.1) is 6.92 Å². The maximum Gasteiger partial charge on any atom is 0.262 e. The van der Waals surface area contributed by atoms with E-state index in [1.807, 2.05) is 30.3 Å². The molecule has 1 aromatic heterocycles. The van der Waals surface area contributed by atoms with Gasteiger partial charge in [0, 0.05) is 5.75 Å². The Kier molecular flexibility index (Phi) is 6.89. The molecule has 4 aromatic rings. The van der Waals surface area contributed by atoms with Crippen LogP contribution in [-0.2, 0) is 12.3 Å². The van der Waals surface area contributed by atoms with Crippen molar-refractivity contribution in [3.8, 4) is 17.2 Å². The van der Waals surface area contributed by atoms with Gasteiger partial charge in [0.2, 0.25) is 5.75 Å². The Morgan fingerprint density at radius 3 is 2.21 bits per heavy atom. The molecule has 0 atom stereocenters. The molecule has 4 rings (SSSR count). The minimum Gasteiger partial charge on any atom is -0.493 e. The van der Waals surface area contributed by atoms with Crippen LogP contribution in [0.2, 0.25) is 0 Å². The van der Waals surface area contributed by atoms with Crippen molar-refractivity contribution < 1.29 is 14.2 Å². The summed E-state index contributed by atoms with van der Waals surface area (Å²) in [6.45, 7) is 2.47. The van der Waals surface area contributed by atoms with E-state index in [0.717, 1.165) is 11.1 Å². The number of nitrogens with zero attached hydrogens (tertiary/aromatic N) is 2. The second kappa shape index (κ2) is 10.0. The Labute approximate surface area is 197 Å². The van der Waals surface area contributed by atoms with Gasteiger partial charge < -0.3 is 14.2 Å². The van der Waals surface area contributed by atoms with Crippen LogP contribution in [0.25, 0.3) is 10.9 Å². The molecule has 170 valence electrons. The topological polar surface area (TPSA) is 62.6 Å². The summed E-state index contributed by atoms with van der Waals surface area (Å²) in [6.07, 6.45) is 0. The van der Waals surface area contributed by atoms with Gasteiger partial charge in [0.05, 0.1) is 33.3 Å². The zero-order valence-electron chi connectivity index (χ0n) is 19.1. The number of rotatable bonds is 8. The lowest BCUT2D eigenvalue weighted by Gasteiger charge is -2.17. The quantitative estimate of drug-likeness (QED) is 0.269. The highest BCUT2D eigenvalue weighted by Gasteiger charge is 2.22. The molecule has 0 aliphatic rings. The van der Waals surface area contributed by atoms with Crippen molar-refractivity contribution >= 4 is 22.7 Å². The molecule has 7 heteroatoms. The van der Waals surface area contributed by atoms with E-state index in [2.05, 4.69) is 31.2 Å². The average molecular weight is 463 g/mol. The number of aromatic nitrogens is 2. The van der Waals surface area contributed by atoms with Crippen LogP contribution in [0.15, 0.2) is 70.6 Å². The fourth-order valence-electron chi connectivity index (χ4n) is 3.65. The number of methoxy groups -OCH3 is 3. The molecule has 0 radical (unpaired) electrons. The molecule has 6 nitrogen and oxygen atoms in total. The summed E-state index contributed by atoms with van der Waals surface area (Å²) >= 11 is 1.52. The van der Waals surface area contributed by atoms with Crippen LogP contribution in [0.1, 0.15) is 16.7 Å². The first-order valence-corrected chi connectivity index (χ1v) is 11.5. The third-order valence-electron chi connectivity index (χ3n) is 5.39. The fourth-order valence-corrected chi connectivity index (χ4v) is 4.60. The van der Waals surface area contributed by atoms with Gasteiger partial charge >= 0.3 is 0 Å². The van der Waals surface area contributed by atoms with Gasteiger partial charge in [-0.3, -0.25) is 9.36 Å². The van der Waals surface area contributed by atoms with Crippen molar-refractivity contribution in [3.05, 3.63) is 87.7 Å². The Balaban J connectivity index is 1.88. The van der Waals surface area contributed by atoms with Crippen molar-refractivity contribution in [3.63, 3.8) is 0 Å². The molecule has 3 aromatic carbocycles. The SMILES string of the molecule is COc1cc2c(=O)n(Cc3ccccc3)c(SCc3ccc(C)cc3)nc2c(OC)c1OC. The van der Waals surface area contributed by atoms with Crippen molar-refractivity contribution in [1.29, 1.82) is 0 Å². The first kappa shape index (κ1) is 22.7. The van der Waals surface area contributed by atoms with Gasteiger partial charge in [0.25, 0.3) is 5.56 Å². The van der Waals surface area contributed by atoms with Crippen molar-refractivity contribution in [2.24, 2.45) is 0 Å². The lowest BCUT2D eigenvalue weighted by molar-refractivity contribution is 0.326. The zero-order chi connectivity index (χ0) is 23.4. The second-order valence-corrected chi connectivity index (χ2v) is 8.53. The minimum absolute atomic E-state index is 0.158. The molecule has 0 unspecified atom stereocenters. The molecule has 1 heterocycles. The number of aryl methyl sites for hydroxylation is 1. The molecule has 0 bridgehead atoms. The van der Waals surface area contributed by atoms with Crippen molar-refractivity contribution in [2.75, 3.05) is 21.3 Å². The maximum atomic E-state index is 13.7. The van der Waals surface area contributed by atoms with Gasteiger partial charge in [-0.15, -0.1) is 0 Å². The highest BCUT2D eigenvalue weighted by molar-refractivity contribution is 7.98. The maximum absolute atomic E-state index is 13.7. The molecular weight excluding hydrogens is 436 g/mol. The molecule has 0 aliphatic heterocycles. The van der Waals surface area contributed by atoms with Gasteiger partial charge in [-0.2, -0.15) is 0 Å². The Bertz CT molecular complexity index is 1320. The normalized spacial score (nSPS) is 10.9. The Morgan fingerprint density at radius 2 is 1.58 bits per heavy atom. The smallest absolute Gasteiger partial charge is 0.262 e. The predicted octanol–water partition coefficient (Wildman–Crippen LogP) is 5.07. The summed E-state index contributed by atoms with van der Waals surface area (Å²) in [5.41, 5.74) is 3.68. The van der Waals surface area contributed by atoms with Gasteiger partial charge in [0.1, 0.15) is 5.52 Å². The molecule has 33 heavy (non-hydrogen) atoms. The van der Waals surface area contributed by atoms with E-state index >= 15 is 0 Å². The number of hydrogen-bond donors (Lipinski definition) is 0. The van der Waals surface area contributed by atoms with E-state index in [0.29, 0.717) is 45.6 Å². The number of thioether (sulfide) groups is 1. The summed E-state index contributed by atoms with van der Waals surface area (Å²) in [7, 11) is 4.60. The first-order chi connectivity index (χ1) is 16.0. The molecule has 0 amide bonds. The summed E-state index contributed by atoms with van der Waals surface area (Å²) in [5.74, 6) is 1.90. The Hall–Kier alpha value is -3.45. The molecule has 0 N–H and O–H groups in total. The first-order valence-electron chi connectivity index (χ1n) is 10.5. The van der Waals surface area contributed by atoms with Crippen LogP contribution < -0.4 is 19.8 Å². The average Bonchev–Trinajstić information content (AvgIpc) is 2.85. The van der Waals surface area contributed by atoms with Crippen LogP contribution in [-0.4, -0.2) is 30.9 Å². The monoisotopic (exact) mass is 462 g/mol. The lowest BCUT2D eigenvalue weighted by atomic mass is 10.2. The van der Waals surface area contributed by atoms with Crippen LogP contribution >= 0.6 is 11.8 Å². The van der Waals surface area contributed by atoms with E-state index in [1.54, 1.807) is 10.6 Å². The molecule has 0 saturated heterocycles. The van der Waals surface area contributed by atoms with Crippen LogP contribution in [0.3, 0.4) is 0 Å². The van der Waals surface area contributed by atoms with E-state index in [-0.39, 0.29) is 5.56 Å². The summed E-state index contributed by atoms with van der Waals surface area (Å²) in [6, 6.07) is 19.9. The molecule has 0 saturated carbocycles. The summed E-state index contributed by atoms with van der Waals surface area (Å²) in [4.78, 5) is 18.6. The highest BCUT2D eigenvalue weighted by atomic mass is 32.2. The van der Waals surface area contributed by atoms with E-state index in [9.17, 15) is 4.79 Å². The molecule has 0 fully saturated rings. The number of hydrogen-bond acceptors (Lipinski definition) is 6. The molecular formula is C26H26N2O4S. The van der Waals surface area contributed by atoms with Crippen molar-refractivity contribution in [2.45, 2.75) is 24.4 Å². The number of fused-ring (bicyclic) bond motifs is 1. The van der Waals surface area contributed by atoms with E-state index < -0.39 is 0 Å². The van der Waals surface area contributed by atoms with Gasteiger partial charge in [0.15, 0.2) is 16.7 Å². The van der Waals surface area contributed by atoms with Crippen molar-refractivity contribution in [1.82, 2.24) is 9.55 Å².